The van der Waals surface area contributed by atoms with Crippen LogP contribution in [0.15, 0.2) is 64.2 Å². The largest absolute Gasteiger partial charge is 0.338 e. The molecule has 3 N–H and O–H groups in total. The van der Waals surface area contributed by atoms with Crippen molar-refractivity contribution in [3.05, 3.63) is 65.2 Å². The highest BCUT2D eigenvalue weighted by Gasteiger charge is 2.22. The van der Waals surface area contributed by atoms with E-state index in [1.54, 1.807) is 30.6 Å². The maximum absolute atomic E-state index is 13.0. The molecule has 1 aliphatic rings. The molecule has 162 valence electrons. The fraction of sp³-hybridized carbons (Fsp3) is 0.227. The van der Waals surface area contributed by atoms with Gasteiger partial charge in [-0.1, -0.05) is 23.4 Å². The first-order valence-corrected chi connectivity index (χ1v) is 10.3. The smallest absolute Gasteiger partial charge is 0.259 e. The SMILES string of the molecule is CC1CC(NC(=O)Cn2c(=O)cc(-c3nc(-c4ccncc4)no3)c3ccccc32)NN1. The van der Waals surface area contributed by atoms with Crippen LogP contribution < -0.4 is 21.7 Å². The molecule has 0 spiro atoms. The minimum Gasteiger partial charge on any atom is -0.338 e. The summed E-state index contributed by atoms with van der Waals surface area (Å²) in [6.45, 7) is 1.92. The van der Waals surface area contributed by atoms with Crippen molar-refractivity contribution in [2.75, 3.05) is 0 Å². The van der Waals surface area contributed by atoms with Crippen LogP contribution in [0, 0.1) is 0 Å². The lowest BCUT2D eigenvalue weighted by Gasteiger charge is -2.15. The van der Waals surface area contributed by atoms with Gasteiger partial charge in [0.15, 0.2) is 0 Å². The summed E-state index contributed by atoms with van der Waals surface area (Å²) in [5, 5.41) is 7.67. The van der Waals surface area contributed by atoms with Gasteiger partial charge in [-0.15, -0.1) is 0 Å². The van der Waals surface area contributed by atoms with E-state index in [0.29, 0.717) is 16.9 Å². The number of fused-ring (bicyclic) bond motifs is 1. The van der Waals surface area contributed by atoms with Crippen LogP contribution in [-0.4, -0.2) is 37.8 Å². The van der Waals surface area contributed by atoms with Gasteiger partial charge in [-0.25, -0.2) is 5.43 Å². The maximum atomic E-state index is 13.0. The minimum absolute atomic E-state index is 0.0989. The molecule has 3 aromatic heterocycles. The number of carbonyl (C=O) groups is 1. The van der Waals surface area contributed by atoms with E-state index < -0.39 is 0 Å². The summed E-state index contributed by atoms with van der Waals surface area (Å²) < 4.78 is 6.91. The molecule has 0 aliphatic carbocycles. The van der Waals surface area contributed by atoms with Gasteiger partial charge in [0.05, 0.1) is 17.2 Å². The third kappa shape index (κ3) is 3.88. The molecule has 1 aliphatic heterocycles. The highest BCUT2D eigenvalue weighted by molar-refractivity contribution is 5.93. The first kappa shape index (κ1) is 20.0. The number of hydrogen-bond acceptors (Lipinski definition) is 8. The molecule has 32 heavy (non-hydrogen) atoms. The second-order valence-electron chi connectivity index (χ2n) is 7.70. The Labute approximate surface area is 182 Å². The van der Waals surface area contributed by atoms with E-state index in [9.17, 15) is 9.59 Å². The Morgan fingerprint density at radius 1 is 1.22 bits per heavy atom. The van der Waals surface area contributed by atoms with Crippen molar-refractivity contribution in [2.24, 2.45) is 0 Å². The van der Waals surface area contributed by atoms with Crippen LogP contribution in [-0.2, 0) is 11.3 Å². The van der Waals surface area contributed by atoms with Crippen molar-refractivity contribution in [3.63, 3.8) is 0 Å². The van der Waals surface area contributed by atoms with Crippen LogP contribution in [0.3, 0.4) is 0 Å². The number of rotatable bonds is 5. The highest BCUT2D eigenvalue weighted by Crippen LogP contribution is 2.27. The van der Waals surface area contributed by atoms with E-state index >= 15 is 0 Å². The summed E-state index contributed by atoms with van der Waals surface area (Å²) in [5.74, 6) is 0.384. The Morgan fingerprint density at radius 3 is 2.81 bits per heavy atom. The number of para-hydroxylation sites is 1. The van der Waals surface area contributed by atoms with Gasteiger partial charge in [0.2, 0.25) is 11.7 Å². The summed E-state index contributed by atoms with van der Waals surface area (Å²) in [7, 11) is 0. The number of carbonyl (C=O) groups excluding carboxylic acids is 1. The van der Waals surface area contributed by atoms with Crippen molar-refractivity contribution in [3.8, 4) is 22.8 Å². The second kappa shape index (κ2) is 8.33. The number of pyridine rings is 2. The van der Waals surface area contributed by atoms with E-state index in [0.717, 1.165) is 17.4 Å². The monoisotopic (exact) mass is 431 g/mol. The molecule has 1 aromatic carbocycles. The van der Waals surface area contributed by atoms with Crippen molar-refractivity contribution < 1.29 is 9.32 Å². The number of hydrogen-bond donors (Lipinski definition) is 3. The van der Waals surface area contributed by atoms with Crippen LogP contribution in [0.25, 0.3) is 33.7 Å². The zero-order valence-electron chi connectivity index (χ0n) is 17.3. The van der Waals surface area contributed by atoms with Crippen LogP contribution in [0.4, 0.5) is 0 Å². The highest BCUT2D eigenvalue weighted by atomic mass is 16.5. The lowest BCUT2D eigenvalue weighted by atomic mass is 10.1. The van der Waals surface area contributed by atoms with E-state index in [-0.39, 0.29) is 36.1 Å². The summed E-state index contributed by atoms with van der Waals surface area (Å²) >= 11 is 0. The van der Waals surface area contributed by atoms with Gasteiger partial charge in [0.1, 0.15) is 6.54 Å². The molecule has 10 heteroatoms. The lowest BCUT2D eigenvalue weighted by molar-refractivity contribution is -0.122. The van der Waals surface area contributed by atoms with Crippen LogP contribution >= 0.6 is 0 Å². The van der Waals surface area contributed by atoms with Gasteiger partial charge >= 0.3 is 0 Å². The first-order chi connectivity index (χ1) is 15.6. The summed E-state index contributed by atoms with van der Waals surface area (Å²) in [6, 6.07) is 12.6. The van der Waals surface area contributed by atoms with Crippen LogP contribution in [0.1, 0.15) is 13.3 Å². The van der Waals surface area contributed by atoms with Gasteiger partial charge < -0.3 is 9.84 Å². The molecule has 4 heterocycles. The fourth-order valence-electron chi connectivity index (χ4n) is 3.82. The van der Waals surface area contributed by atoms with Crippen molar-refractivity contribution >= 4 is 16.8 Å². The molecule has 5 rings (SSSR count). The van der Waals surface area contributed by atoms with Crippen molar-refractivity contribution in [1.82, 2.24) is 35.9 Å². The van der Waals surface area contributed by atoms with E-state index in [1.165, 1.54) is 10.6 Å². The van der Waals surface area contributed by atoms with Gasteiger partial charge in [-0.2, -0.15) is 4.98 Å². The number of benzene rings is 1. The molecule has 0 radical (unpaired) electrons. The van der Waals surface area contributed by atoms with E-state index in [2.05, 4.69) is 31.3 Å². The zero-order chi connectivity index (χ0) is 22.1. The summed E-state index contributed by atoms with van der Waals surface area (Å²) in [5.41, 5.74) is 7.64. The molecule has 2 atom stereocenters. The van der Waals surface area contributed by atoms with E-state index in [1.807, 2.05) is 25.1 Å². The Morgan fingerprint density at radius 2 is 2.03 bits per heavy atom. The predicted octanol–water partition coefficient (Wildman–Crippen LogP) is 1.44. The average molecular weight is 431 g/mol. The molecule has 4 aromatic rings. The van der Waals surface area contributed by atoms with E-state index in [4.69, 9.17) is 4.52 Å². The Balaban J connectivity index is 1.48. The topological polar surface area (TPSA) is 127 Å². The van der Waals surface area contributed by atoms with Gasteiger partial charge in [-0.05, 0) is 31.5 Å². The summed E-state index contributed by atoms with van der Waals surface area (Å²) in [4.78, 5) is 34.0. The molecule has 1 fully saturated rings. The average Bonchev–Trinajstić information content (AvgIpc) is 3.45. The minimum atomic E-state index is -0.330. The molecular weight excluding hydrogens is 410 g/mol. The van der Waals surface area contributed by atoms with Crippen molar-refractivity contribution in [2.45, 2.75) is 32.1 Å². The molecule has 10 nitrogen and oxygen atoms in total. The standard InChI is InChI=1S/C22H21N7O3/c1-13-10-18(27-26-13)24-19(30)12-29-17-5-3-2-4-15(17)16(11-20(29)31)22-25-21(28-32-22)14-6-8-23-9-7-14/h2-9,11,13,18,26-27H,10,12H2,1H3,(H,24,30). The second-order valence-corrected chi connectivity index (χ2v) is 7.70. The Bertz CT molecular complexity index is 1330. The predicted molar refractivity (Wildman–Crippen MR) is 117 cm³/mol. The third-order valence-corrected chi connectivity index (χ3v) is 5.34. The van der Waals surface area contributed by atoms with Gasteiger partial charge in [-0.3, -0.25) is 24.6 Å². The fourth-order valence-corrected chi connectivity index (χ4v) is 3.82. The molecule has 0 bridgehead atoms. The normalized spacial score (nSPS) is 18.2. The summed E-state index contributed by atoms with van der Waals surface area (Å²) in [6.07, 6.45) is 3.87. The number of hydrazine groups is 1. The first-order valence-electron chi connectivity index (χ1n) is 10.3. The van der Waals surface area contributed by atoms with Crippen LogP contribution in [0.5, 0.6) is 0 Å². The molecule has 1 saturated heterocycles. The number of nitrogens with zero attached hydrogens (tertiary/aromatic N) is 4. The molecule has 2 unspecified atom stereocenters. The van der Waals surface area contributed by atoms with Crippen LogP contribution in [0.2, 0.25) is 0 Å². The lowest BCUT2D eigenvalue weighted by Crippen LogP contribution is -2.46. The molecular formula is C22H21N7O3. The number of nitrogens with one attached hydrogen (secondary N) is 3. The van der Waals surface area contributed by atoms with Crippen molar-refractivity contribution in [1.29, 1.82) is 0 Å². The Kier molecular flexibility index (Phi) is 5.21. The molecule has 0 saturated carbocycles. The quantitative estimate of drug-likeness (QED) is 0.433. The van der Waals surface area contributed by atoms with Gasteiger partial charge in [0, 0.05) is 35.5 Å². The number of amides is 1. The maximum Gasteiger partial charge on any atom is 0.259 e. The Hall–Kier alpha value is -3.89. The number of aromatic nitrogens is 4. The third-order valence-electron chi connectivity index (χ3n) is 5.34. The molecule has 1 amide bonds. The van der Waals surface area contributed by atoms with Gasteiger partial charge in [0.25, 0.3) is 11.4 Å². The zero-order valence-corrected chi connectivity index (χ0v) is 17.3.